The molecule has 3 heteroatoms. The third-order valence-corrected chi connectivity index (χ3v) is 3.66. The molecule has 2 atom stereocenters. The van der Waals surface area contributed by atoms with Crippen LogP contribution in [-0.4, -0.2) is 47.0 Å². The van der Waals surface area contributed by atoms with E-state index in [9.17, 15) is 10.2 Å². The molecule has 1 heterocycles. The van der Waals surface area contributed by atoms with E-state index in [2.05, 4.69) is 4.90 Å². The van der Waals surface area contributed by atoms with Crippen molar-refractivity contribution >= 4 is 0 Å². The average molecular weight is 199 g/mol. The molecule has 3 nitrogen and oxygen atoms in total. The van der Waals surface area contributed by atoms with Gasteiger partial charge in [0.15, 0.2) is 0 Å². The minimum absolute atomic E-state index is 0.515. The van der Waals surface area contributed by atoms with Gasteiger partial charge in [-0.05, 0) is 18.9 Å². The van der Waals surface area contributed by atoms with Crippen LogP contribution in [0, 0.1) is 5.92 Å². The second-order valence-corrected chi connectivity index (χ2v) is 4.83. The van der Waals surface area contributed by atoms with Gasteiger partial charge in [0.2, 0.25) is 0 Å². The Morgan fingerprint density at radius 3 is 2.14 bits per heavy atom. The summed E-state index contributed by atoms with van der Waals surface area (Å²) in [5.41, 5.74) is 0. The van der Waals surface area contributed by atoms with Crippen molar-refractivity contribution in [3.8, 4) is 0 Å². The first-order valence-electron chi connectivity index (χ1n) is 5.84. The van der Waals surface area contributed by atoms with E-state index in [0.717, 1.165) is 12.5 Å². The fourth-order valence-electron chi connectivity index (χ4n) is 2.69. The van der Waals surface area contributed by atoms with Crippen molar-refractivity contribution in [2.24, 2.45) is 5.92 Å². The lowest BCUT2D eigenvalue weighted by molar-refractivity contribution is 0.0572. The standard InChI is InChI=1S/C11H21NO2/c13-10-7-12(8-11(10)14)6-5-9-3-1-2-4-9/h9-11,13-14H,1-8H2/t10-,11+. The van der Waals surface area contributed by atoms with Gasteiger partial charge in [-0.25, -0.2) is 0 Å². The van der Waals surface area contributed by atoms with Crippen LogP contribution in [0.4, 0.5) is 0 Å². The molecule has 1 aliphatic carbocycles. The van der Waals surface area contributed by atoms with E-state index >= 15 is 0 Å². The first kappa shape index (κ1) is 10.4. The summed E-state index contributed by atoms with van der Waals surface area (Å²) in [6, 6.07) is 0. The maximum absolute atomic E-state index is 9.37. The van der Waals surface area contributed by atoms with E-state index in [-0.39, 0.29) is 0 Å². The fourth-order valence-corrected chi connectivity index (χ4v) is 2.69. The van der Waals surface area contributed by atoms with Gasteiger partial charge in [-0.1, -0.05) is 25.7 Å². The first-order chi connectivity index (χ1) is 6.75. The fraction of sp³-hybridized carbons (Fsp3) is 1.00. The Kier molecular flexibility index (Phi) is 3.42. The van der Waals surface area contributed by atoms with Gasteiger partial charge in [-0.15, -0.1) is 0 Å². The largest absolute Gasteiger partial charge is 0.389 e. The minimum atomic E-state index is -0.515. The monoisotopic (exact) mass is 199 g/mol. The van der Waals surface area contributed by atoms with Gasteiger partial charge < -0.3 is 10.2 Å². The second-order valence-electron chi connectivity index (χ2n) is 4.83. The number of hydrogen-bond acceptors (Lipinski definition) is 3. The number of rotatable bonds is 3. The van der Waals surface area contributed by atoms with Crippen LogP contribution in [-0.2, 0) is 0 Å². The van der Waals surface area contributed by atoms with Crippen LogP contribution in [0.1, 0.15) is 32.1 Å². The number of likely N-dealkylation sites (tertiary alicyclic amines) is 1. The Bertz CT molecular complexity index is 170. The van der Waals surface area contributed by atoms with Gasteiger partial charge in [-0.3, -0.25) is 4.90 Å². The summed E-state index contributed by atoms with van der Waals surface area (Å²) in [7, 11) is 0. The lowest BCUT2D eigenvalue weighted by Gasteiger charge is -2.17. The van der Waals surface area contributed by atoms with Crippen LogP contribution in [0.2, 0.25) is 0 Å². The average Bonchev–Trinajstić information content (AvgIpc) is 2.74. The summed E-state index contributed by atoms with van der Waals surface area (Å²) in [6.45, 7) is 2.38. The molecule has 1 aliphatic heterocycles. The van der Waals surface area contributed by atoms with Crippen molar-refractivity contribution in [2.75, 3.05) is 19.6 Å². The smallest absolute Gasteiger partial charge is 0.0938 e. The van der Waals surface area contributed by atoms with Crippen molar-refractivity contribution in [3.05, 3.63) is 0 Å². The third kappa shape index (κ3) is 2.47. The van der Waals surface area contributed by atoms with Gasteiger partial charge in [0.25, 0.3) is 0 Å². The molecule has 0 unspecified atom stereocenters. The summed E-state index contributed by atoms with van der Waals surface area (Å²) < 4.78 is 0. The summed E-state index contributed by atoms with van der Waals surface area (Å²) in [4.78, 5) is 2.19. The maximum atomic E-state index is 9.37. The number of nitrogens with zero attached hydrogens (tertiary/aromatic N) is 1. The number of aliphatic hydroxyl groups is 2. The van der Waals surface area contributed by atoms with E-state index in [1.54, 1.807) is 0 Å². The quantitative estimate of drug-likeness (QED) is 0.699. The molecule has 2 fully saturated rings. The predicted octanol–water partition coefficient (Wildman–Crippen LogP) is 0.604. The zero-order valence-corrected chi connectivity index (χ0v) is 8.73. The van der Waals surface area contributed by atoms with Crippen molar-refractivity contribution in [2.45, 2.75) is 44.3 Å². The van der Waals surface area contributed by atoms with E-state index in [1.807, 2.05) is 0 Å². The van der Waals surface area contributed by atoms with E-state index in [0.29, 0.717) is 13.1 Å². The van der Waals surface area contributed by atoms with Gasteiger partial charge >= 0.3 is 0 Å². The predicted molar refractivity (Wildman–Crippen MR) is 55.0 cm³/mol. The Balaban J connectivity index is 1.66. The Morgan fingerprint density at radius 2 is 1.57 bits per heavy atom. The van der Waals surface area contributed by atoms with Crippen LogP contribution < -0.4 is 0 Å². The van der Waals surface area contributed by atoms with Crippen LogP contribution in [0.15, 0.2) is 0 Å². The van der Waals surface area contributed by atoms with E-state index in [1.165, 1.54) is 32.1 Å². The Labute approximate surface area is 85.7 Å². The number of aliphatic hydroxyl groups excluding tert-OH is 2. The highest BCUT2D eigenvalue weighted by atomic mass is 16.3. The third-order valence-electron chi connectivity index (χ3n) is 3.66. The van der Waals surface area contributed by atoms with Gasteiger partial charge in [0, 0.05) is 13.1 Å². The number of hydrogen-bond donors (Lipinski definition) is 2. The van der Waals surface area contributed by atoms with Crippen LogP contribution in [0.5, 0.6) is 0 Å². The molecule has 0 aromatic rings. The van der Waals surface area contributed by atoms with E-state index in [4.69, 9.17) is 0 Å². The topological polar surface area (TPSA) is 43.7 Å². The highest BCUT2D eigenvalue weighted by Crippen LogP contribution is 2.28. The normalized spacial score (nSPS) is 35.6. The lowest BCUT2D eigenvalue weighted by atomic mass is 10.0. The van der Waals surface area contributed by atoms with Crippen LogP contribution in [0.3, 0.4) is 0 Å². The molecule has 0 aromatic carbocycles. The molecular formula is C11H21NO2. The summed E-state index contributed by atoms with van der Waals surface area (Å²) in [6.07, 6.45) is 5.79. The molecule has 0 aromatic heterocycles. The van der Waals surface area contributed by atoms with Gasteiger partial charge in [0.1, 0.15) is 0 Å². The zero-order chi connectivity index (χ0) is 9.97. The van der Waals surface area contributed by atoms with Crippen molar-refractivity contribution in [1.82, 2.24) is 4.90 Å². The Hall–Kier alpha value is -0.120. The second kappa shape index (κ2) is 4.60. The Morgan fingerprint density at radius 1 is 1.00 bits per heavy atom. The molecule has 0 bridgehead atoms. The molecule has 0 amide bonds. The van der Waals surface area contributed by atoms with Gasteiger partial charge in [0.05, 0.1) is 12.2 Å². The molecule has 82 valence electrons. The first-order valence-corrected chi connectivity index (χ1v) is 5.84. The van der Waals surface area contributed by atoms with E-state index < -0.39 is 12.2 Å². The molecule has 1 saturated heterocycles. The highest BCUT2D eigenvalue weighted by Gasteiger charge is 2.29. The SMILES string of the molecule is O[C@@H]1CN(CCC2CCCC2)C[C@@H]1O. The summed E-state index contributed by atoms with van der Waals surface area (Å²) >= 11 is 0. The molecular weight excluding hydrogens is 178 g/mol. The zero-order valence-electron chi connectivity index (χ0n) is 8.73. The molecule has 2 N–H and O–H groups in total. The molecule has 14 heavy (non-hydrogen) atoms. The van der Waals surface area contributed by atoms with Crippen molar-refractivity contribution in [3.63, 3.8) is 0 Å². The molecule has 2 rings (SSSR count). The molecule has 0 radical (unpaired) electrons. The molecule has 1 saturated carbocycles. The van der Waals surface area contributed by atoms with Crippen molar-refractivity contribution < 1.29 is 10.2 Å². The van der Waals surface area contributed by atoms with Crippen molar-refractivity contribution in [1.29, 1.82) is 0 Å². The summed E-state index contributed by atoms with van der Waals surface area (Å²) in [5.74, 6) is 0.907. The highest BCUT2D eigenvalue weighted by molar-refractivity contribution is 4.83. The maximum Gasteiger partial charge on any atom is 0.0938 e. The summed E-state index contributed by atoms with van der Waals surface area (Å²) in [5, 5.41) is 18.7. The molecule has 2 aliphatic rings. The number of β-amino-alcohol motifs (C(OH)–C–C–N with tert-alkyl or cyclic N) is 2. The molecule has 0 spiro atoms. The van der Waals surface area contributed by atoms with Gasteiger partial charge in [-0.2, -0.15) is 0 Å². The minimum Gasteiger partial charge on any atom is -0.389 e. The van der Waals surface area contributed by atoms with Crippen LogP contribution >= 0.6 is 0 Å². The lowest BCUT2D eigenvalue weighted by Crippen LogP contribution is -2.24. The van der Waals surface area contributed by atoms with Crippen LogP contribution in [0.25, 0.3) is 0 Å².